The second-order valence-electron chi connectivity index (χ2n) is 4.48. The summed E-state index contributed by atoms with van der Waals surface area (Å²) in [7, 11) is 2.07. The number of benzene rings is 1. The zero-order valence-electron chi connectivity index (χ0n) is 11.8. The van der Waals surface area contributed by atoms with Crippen LogP contribution in [0.5, 0.6) is 0 Å². The third-order valence-corrected chi connectivity index (χ3v) is 4.51. The van der Waals surface area contributed by atoms with E-state index in [1.54, 1.807) is 11.3 Å². The Labute approximate surface area is 118 Å². The summed E-state index contributed by atoms with van der Waals surface area (Å²) in [6.07, 6.45) is 0.990. The van der Waals surface area contributed by atoms with Gasteiger partial charge in [0.2, 0.25) is 0 Å². The van der Waals surface area contributed by atoms with E-state index in [0.717, 1.165) is 23.4 Å². The Morgan fingerprint density at radius 2 is 1.95 bits per heavy atom. The molecule has 3 heteroatoms. The molecule has 1 heterocycles. The van der Waals surface area contributed by atoms with Gasteiger partial charge in [-0.25, -0.2) is 4.98 Å². The van der Waals surface area contributed by atoms with Gasteiger partial charge in [-0.05, 0) is 24.5 Å². The van der Waals surface area contributed by atoms with Crippen LogP contribution >= 0.6 is 11.3 Å². The molecule has 19 heavy (non-hydrogen) atoms. The smallest absolute Gasteiger partial charge is 0.186 e. The SMILES string of the molecule is C=c1nc(N(C)CC)s/c1=C(/CC)c1ccccc1. The maximum Gasteiger partial charge on any atom is 0.186 e. The van der Waals surface area contributed by atoms with Crippen molar-refractivity contribution in [1.29, 1.82) is 0 Å². The van der Waals surface area contributed by atoms with Gasteiger partial charge in [-0.15, -0.1) is 0 Å². The molecule has 2 rings (SSSR count). The molecule has 0 aliphatic heterocycles. The Balaban J connectivity index is 2.63. The summed E-state index contributed by atoms with van der Waals surface area (Å²) >= 11 is 1.73. The molecule has 0 unspecified atom stereocenters. The van der Waals surface area contributed by atoms with Gasteiger partial charge in [0.05, 0.1) is 9.88 Å². The molecule has 0 amide bonds. The van der Waals surface area contributed by atoms with Crippen molar-refractivity contribution in [2.24, 2.45) is 0 Å². The normalized spacial score (nSPS) is 12.4. The van der Waals surface area contributed by atoms with Gasteiger partial charge in [0, 0.05) is 13.6 Å². The molecule has 0 fully saturated rings. The highest BCUT2D eigenvalue weighted by atomic mass is 32.1. The van der Waals surface area contributed by atoms with Gasteiger partial charge in [-0.3, -0.25) is 0 Å². The lowest BCUT2D eigenvalue weighted by molar-refractivity contribution is 0.954. The summed E-state index contributed by atoms with van der Waals surface area (Å²) in [4.78, 5) is 6.74. The van der Waals surface area contributed by atoms with Crippen LogP contribution in [0.1, 0.15) is 25.8 Å². The van der Waals surface area contributed by atoms with Crippen LogP contribution in [-0.4, -0.2) is 18.6 Å². The number of hydrogen-bond donors (Lipinski definition) is 0. The van der Waals surface area contributed by atoms with Gasteiger partial charge in [-0.2, -0.15) is 0 Å². The number of hydrogen-bond acceptors (Lipinski definition) is 3. The van der Waals surface area contributed by atoms with Gasteiger partial charge >= 0.3 is 0 Å². The molecule has 2 nitrogen and oxygen atoms in total. The van der Waals surface area contributed by atoms with Crippen LogP contribution in [0, 0.1) is 0 Å². The fraction of sp³-hybridized carbons (Fsp3) is 0.312. The van der Waals surface area contributed by atoms with E-state index < -0.39 is 0 Å². The molecule has 1 aromatic heterocycles. The van der Waals surface area contributed by atoms with Crippen LogP contribution in [-0.2, 0) is 0 Å². The van der Waals surface area contributed by atoms with Crippen LogP contribution in [0.2, 0.25) is 0 Å². The average Bonchev–Trinajstić information content (AvgIpc) is 2.82. The van der Waals surface area contributed by atoms with Crippen LogP contribution in [0.4, 0.5) is 5.13 Å². The minimum absolute atomic E-state index is 0.890. The van der Waals surface area contributed by atoms with Crippen molar-refractivity contribution in [3.05, 3.63) is 45.8 Å². The summed E-state index contributed by atoms with van der Waals surface area (Å²) < 4.78 is 1.21. The molecular weight excluding hydrogens is 252 g/mol. The second-order valence-corrected chi connectivity index (χ2v) is 5.46. The Morgan fingerprint density at radius 3 is 2.53 bits per heavy atom. The first kappa shape index (κ1) is 13.8. The van der Waals surface area contributed by atoms with Gasteiger partial charge < -0.3 is 4.90 Å². The molecule has 2 aromatic rings. The van der Waals surface area contributed by atoms with Crippen LogP contribution in [0.25, 0.3) is 12.2 Å². The topological polar surface area (TPSA) is 16.1 Å². The predicted octanol–water partition coefficient (Wildman–Crippen LogP) is 2.62. The lowest BCUT2D eigenvalue weighted by Crippen LogP contribution is -2.22. The van der Waals surface area contributed by atoms with E-state index in [1.807, 2.05) is 6.07 Å². The van der Waals surface area contributed by atoms with Crippen molar-refractivity contribution in [3.8, 4) is 0 Å². The maximum atomic E-state index is 4.59. The van der Waals surface area contributed by atoms with Crippen molar-refractivity contribution < 1.29 is 0 Å². The lowest BCUT2D eigenvalue weighted by Gasteiger charge is -2.10. The minimum Gasteiger partial charge on any atom is -0.351 e. The molecule has 0 saturated heterocycles. The Bertz CT molecular complexity index is 643. The summed E-state index contributed by atoms with van der Waals surface area (Å²) in [5.41, 5.74) is 2.60. The van der Waals surface area contributed by atoms with Gasteiger partial charge in [0.15, 0.2) is 5.13 Å². The van der Waals surface area contributed by atoms with Crippen molar-refractivity contribution in [3.63, 3.8) is 0 Å². The molecule has 0 N–H and O–H groups in total. The minimum atomic E-state index is 0.890. The summed E-state index contributed by atoms with van der Waals surface area (Å²) in [6.45, 7) is 9.38. The molecule has 0 radical (unpaired) electrons. The molecular formula is C16H20N2S. The van der Waals surface area contributed by atoms with E-state index in [1.165, 1.54) is 15.7 Å². The van der Waals surface area contributed by atoms with Gasteiger partial charge in [0.1, 0.15) is 0 Å². The molecule has 100 valence electrons. The largest absolute Gasteiger partial charge is 0.351 e. The highest BCUT2D eigenvalue weighted by Crippen LogP contribution is 2.17. The third-order valence-electron chi connectivity index (χ3n) is 3.24. The van der Waals surface area contributed by atoms with Crippen molar-refractivity contribution in [1.82, 2.24) is 4.98 Å². The molecule has 0 saturated carbocycles. The lowest BCUT2D eigenvalue weighted by atomic mass is 10.0. The fourth-order valence-corrected chi connectivity index (χ4v) is 3.18. The quantitative estimate of drug-likeness (QED) is 0.850. The van der Waals surface area contributed by atoms with E-state index in [9.17, 15) is 0 Å². The second kappa shape index (κ2) is 6.02. The Hall–Kier alpha value is -1.61. The van der Waals surface area contributed by atoms with E-state index in [2.05, 4.69) is 61.6 Å². The molecule has 1 aromatic carbocycles. The predicted molar refractivity (Wildman–Crippen MR) is 85.1 cm³/mol. The number of thiazole rings is 1. The highest BCUT2D eigenvalue weighted by Gasteiger charge is 2.07. The zero-order valence-corrected chi connectivity index (χ0v) is 12.6. The third kappa shape index (κ3) is 2.87. The first-order chi connectivity index (χ1) is 9.17. The van der Waals surface area contributed by atoms with E-state index in [-0.39, 0.29) is 0 Å². The monoisotopic (exact) mass is 272 g/mol. The average molecular weight is 272 g/mol. The van der Waals surface area contributed by atoms with Crippen LogP contribution in [0.15, 0.2) is 30.3 Å². The molecule has 0 atom stereocenters. The van der Waals surface area contributed by atoms with Crippen molar-refractivity contribution in [2.75, 3.05) is 18.5 Å². The number of rotatable bonds is 4. The molecule has 0 bridgehead atoms. The van der Waals surface area contributed by atoms with Gasteiger partial charge in [-0.1, -0.05) is 55.2 Å². The van der Waals surface area contributed by atoms with E-state index in [0.29, 0.717) is 0 Å². The maximum absolute atomic E-state index is 4.59. The summed E-state index contributed by atoms with van der Waals surface area (Å²) in [5.74, 6) is 0. The van der Waals surface area contributed by atoms with Crippen molar-refractivity contribution in [2.45, 2.75) is 20.3 Å². The molecule has 0 aliphatic carbocycles. The number of anilines is 1. The number of nitrogens with zero attached hydrogens (tertiary/aromatic N) is 2. The van der Waals surface area contributed by atoms with E-state index in [4.69, 9.17) is 0 Å². The highest BCUT2D eigenvalue weighted by molar-refractivity contribution is 7.13. The first-order valence-electron chi connectivity index (χ1n) is 6.62. The Kier molecular flexibility index (Phi) is 4.38. The zero-order chi connectivity index (χ0) is 13.8. The molecule has 0 aliphatic rings. The molecule has 0 spiro atoms. The van der Waals surface area contributed by atoms with E-state index >= 15 is 0 Å². The Morgan fingerprint density at radius 1 is 1.26 bits per heavy atom. The van der Waals surface area contributed by atoms with Gasteiger partial charge in [0.25, 0.3) is 0 Å². The first-order valence-corrected chi connectivity index (χ1v) is 7.44. The van der Waals surface area contributed by atoms with Crippen LogP contribution in [0.3, 0.4) is 0 Å². The standard InChI is InChI=1S/C16H20N2S/c1-5-14(13-10-8-7-9-11-13)15-12(3)17-16(19-15)18(4)6-2/h7-11H,3,5-6H2,1-2,4H3/b15-14-. The summed E-state index contributed by atoms with van der Waals surface area (Å²) in [5, 5.41) is 1.94. The van der Waals surface area contributed by atoms with Crippen molar-refractivity contribution >= 4 is 28.6 Å². The van der Waals surface area contributed by atoms with Crippen LogP contribution < -0.4 is 14.8 Å². The summed E-state index contributed by atoms with van der Waals surface area (Å²) in [6, 6.07) is 10.5. The number of aromatic nitrogens is 1. The fourth-order valence-electron chi connectivity index (χ4n) is 2.01.